The van der Waals surface area contributed by atoms with Gasteiger partial charge in [-0.15, -0.1) is 0 Å². The van der Waals surface area contributed by atoms with Crippen LogP contribution < -0.4 is 10.6 Å². The van der Waals surface area contributed by atoms with Crippen molar-refractivity contribution in [2.24, 2.45) is 5.92 Å². The van der Waals surface area contributed by atoms with Gasteiger partial charge in [-0.3, -0.25) is 9.59 Å². The highest BCUT2D eigenvalue weighted by Gasteiger charge is 2.40. The van der Waals surface area contributed by atoms with Gasteiger partial charge < -0.3 is 20.3 Å². The highest BCUT2D eigenvalue weighted by atomic mass is 19.1. The number of likely N-dealkylation sites (tertiary alicyclic amines) is 1. The molecule has 2 amide bonds. The van der Waals surface area contributed by atoms with Gasteiger partial charge in [-0.1, -0.05) is 57.2 Å². The minimum absolute atomic E-state index is 0.0602. The summed E-state index contributed by atoms with van der Waals surface area (Å²) in [5, 5.41) is 6.62. The Bertz CT molecular complexity index is 1370. The number of amides is 2. The maximum Gasteiger partial charge on any atom is 0.257 e. The Hall–Kier alpha value is -3.71. The highest BCUT2D eigenvalue weighted by Crippen LogP contribution is 2.39. The van der Waals surface area contributed by atoms with E-state index in [-0.39, 0.29) is 28.8 Å². The van der Waals surface area contributed by atoms with E-state index < -0.39 is 17.8 Å². The molecule has 3 atom stereocenters. The first-order valence-electron chi connectivity index (χ1n) is 14.5. The van der Waals surface area contributed by atoms with Crippen LogP contribution in [0.5, 0.6) is 0 Å². The molecule has 2 aliphatic rings. The number of carbonyl (C=O) groups excluding carboxylic acids is 2. The molecule has 3 aromatic rings. The number of rotatable bonds is 6. The number of hydrogen-bond acceptors (Lipinski definition) is 4. The standard InChI is InChI=1S/C34H40FN3O3/c1-22-8-5-12-29(35)30(22)33(40)38-18-7-11-28(32(39)37-26-10-6-9-24(20-26)34(2,3)4)31(38)23-13-15-25(16-14-23)36-27-17-19-41-21-27/h5-6,8-10,12-16,20,27-28,31,36H,7,11,17-19,21H2,1-4H3,(H,37,39). The van der Waals surface area contributed by atoms with E-state index in [1.165, 1.54) is 6.07 Å². The number of piperidine rings is 1. The summed E-state index contributed by atoms with van der Waals surface area (Å²) >= 11 is 0. The molecule has 0 radical (unpaired) electrons. The summed E-state index contributed by atoms with van der Waals surface area (Å²) in [6, 6.07) is 20.2. The van der Waals surface area contributed by atoms with E-state index in [0.717, 1.165) is 35.5 Å². The fourth-order valence-electron chi connectivity index (χ4n) is 5.92. The molecule has 3 unspecified atom stereocenters. The molecule has 2 heterocycles. The van der Waals surface area contributed by atoms with Crippen LogP contribution in [0.25, 0.3) is 0 Å². The third-order valence-corrected chi connectivity index (χ3v) is 8.21. The molecule has 216 valence electrons. The molecule has 41 heavy (non-hydrogen) atoms. The van der Waals surface area contributed by atoms with Crippen molar-refractivity contribution in [3.05, 3.63) is 94.8 Å². The number of halogens is 1. The zero-order valence-corrected chi connectivity index (χ0v) is 24.4. The zero-order valence-electron chi connectivity index (χ0n) is 24.4. The molecular weight excluding hydrogens is 517 g/mol. The second-order valence-electron chi connectivity index (χ2n) is 12.3. The minimum atomic E-state index is -0.544. The van der Waals surface area contributed by atoms with Crippen molar-refractivity contribution in [2.45, 2.75) is 64.5 Å². The molecule has 0 aliphatic carbocycles. The van der Waals surface area contributed by atoms with Crippen LogP contribution in [-0.2, 0) is 14.9 Å². The number of hydrogen-bond donors (Lipinski definition) is 2. The van der Waals surface area contributed by atoms with Crippen LogP contribution in [0.2, 0.25) is 0 Å². The normalized spacial score (nSPS) is 21.0. The van der Waals surface area contributed by atoms with Gasteiger partial charge in [0.05, 0.1) is 30.2 Å². The summed E-state index contributed by atoms with van der Waals surface area (Å²) in [5.41, 5.74) is 4.25. The van der Waals surface area contributed by atoms with Crippen LogP contribution in [0.3, 0.4) is 0 Å². The van der Waals surface area contributed by atoms with Crippen LogP contribution >= 0.6 is 0 Å². The van der Waals surface area contributed by atoms with Crippen LogP contribution in [0.4, 0.5) is 15.8 Å². The van der Waals surface area contributed by atoms with Crippen LogP contribution in [0.1, 0.15) is 73.1 Å². The first kappa shape index (κ1) is 28.8. The second kappa shape index (κ2) is 12.0. The molecule has 3 aromatic carbocycles. The van der Waals surface area contributed by atoms with Gasteiger partial charge in [0.25, 0.3) is 5.91 Å². The molecule has 0 bridgehead atoms. The van der Waals surface area contributed by atoms with Gasteiger partial charge in [0.1, 0.15) is 5.82 Å². The summed E-state index contributed by atoms with van der Waals surface area (Å²) in [6.45, 7) is 10.0. The van der Waals surface area contributed by atoms with E-state index in [1.54, 1.807) is 24.0 Å². The van der Waals surface area contributed by atoms with Crippen molar-refractivity contribution in [1.82, 2.24) is 4.90 Å². The largest absolute Gasteiger partial charge is 0.380 e. The van der Waals surface area contributed by atoms with E-state index in [1.807, 2.05) is 42.5 Å². The van der Waals surface area contributed by atoms with E-state index in [2.05, 4.69) is 37.5 Å². The van der Waals surface area contributed by atoms with E-state index in [9.17, 15) is 14.0 Å². The first-order valence-corrected chi connectivity index (χ1v) is 14.5. The molecule has 2 saturated heterocycles. The van der Waals surface area contributed by atoms with Gasteiger partial charge in [-0.2, -0.15) is 0 Å². The molecule has 2 fully saturated rings. The number of nitrogens with one attached hydrogen (secondary N) is 2. The topological polar surface area (TPSA) is 70.7 Å². The quantitative estimate of drug-likeness (QED) is 0.347. The molecule has 2 aliphatic heterocycles. The molecule has 6 nitrogen and oxygen atoms in total. The third kappa shape index (κ3) is 6.46. The summed E-state index contributed by atoms with van der Waals surface area (Å²) in [7, 11) is 0. The van der Waals surface area contributed by atoms with Gasteiger partial charge in [-0.25, -0.2) is 4.39 Å². The number of anilines is 2. The van der Waals surface area contributed by atoms with Crippen LogP contribution in [0, 0.1) is 18.7 Å². The fourth-order valence-corrected chi connectivity index (χ4v) is 5.92. The summed E-state index contributed by atoms with van der Waals surface area (Å²) < 4.78 is 20.4. The van der Waals surface area contributed by atoms with E-state index in [4.69, 9.17) is 4.74 Å². The predicted octanol–water partition coefficient (Wildman–Crippen LogP) is 6.86. The molecule has 7 heteroatoms. The molecule has 0 spiro atoms. The maximum absolute atomic E-state index is 15.0. The Morgan fingerprint density at radius 2 is 1.73 bits per heavy atom. The number of aryl methyl sites for hydroxylation is 1. The maximum atomic E-state index is 15.0. The second-order valence-corrected chi connectivity index (χ2v) is 12.3. The average molecular weight is 558 g/mol. The molecular formula is C34H40FN3O3. The van der Waals surface area contributed by atoms with E-state index in [0.29, 0.717) is 31.6 Å². The van der Waals surface area contributed by atoms with Gasteiger partial charge in [0.2, 0.25) is 5.91 Å². The van der Waals surface area contributed by atoms with Crippen molar-refractivity contribution in [2.75, 3.05) is 30.4 Å². The van der Waals surface area contributed by atoms with Crippen molar-refractivity contribution >= 4 is 23.2 Å². The lowest BCUT2D eigenvalue weighted by Gasteiger charge is -2.41. The number of benzene rings is 3. The minimum Gasteiger partial charge on any atom is -0.380 e. The highest BCUT2D eigenvalue weighted by molar-refractivity contribution is 5.98. The van der Waals surface area contributed by atoms with Crippen molar-refractivity contribution in [3.63, 3.8) is 0 Å². The van der Waals surface area contributed by atoms with Crippen molar-refractivity contribution in [3.8, 4) is 0 Å². The van der Waals surface area contributed by atoms with Crippen LogP contribution in [-0.4, -0.2) is 42.5 Å². The average Bonchev–Trinajstić information content (AvgIpc) is 3.46. The fraction of sp³-hybridized carbons (Fsp3) is 0.412. The Morgan fingerprint density at radius 3 is 2.41 bits per heavy atom. The van der Waals surface area contributed by atoms with Crippen molar-refractivity contribution < 1.29 is 18.7 Å². The van der Waals surface area contributed by atoms with Crippen molar-refractivity contribution in [1.29, 1.82) is 0 Å². The van der Waals surface area contributed by atoms with Crippen LogP contribution in [0.15, 0.2) is 66.7 Å². The Labute approximate surface area is 242 Å². The Morgan fingerprint density at radius 1 is 0.976 bits per heavy atom. The van der Waals surface area contributed by atoms with Gasteiger partial charge >= 0.3 is 0 Å². The first-order chi connectivity index (χ1) is 19.6. The molecule has 5 rings (SSSR count). The number of nitrogens with zero attached hydrogens (tertiary/aromatic N) is 1. The van der Waals surface area contributed by atoms with Gasteiger partial charge in [0.15, 0.2) is 0 Å². The third-order valence-electron chi connectivity index (χ3n) is 8.21. The zero-order chi connectivity index (χ0) is 29.1. The smallest absolute Gasteiger partial charge is 0.257 e. The molecule has 0 aromatic heterocycles. The summed E-state index contributed by atoms with van der Waals surface area (Å²) in [6.07, 6.45) is 2.22. The number of ether oxygens (including phenoxy) is 1. The van der Waals surface area contributed by atoms with E-state index >= 15 is 0 Å². The van der Waals surface area contributed by atoms with Gasteiger partial charge in [-0.05, 0) is 78.6 Å². The number of carbonyl (C=O) groups is 2. The lowest BCUT2D eigenvalue weighted by molar-refractivity contribution is -0.123. The lowest BCUT2D eigenvalue weighted by atomic mass is 9.83. The Kier molecular flexibility index (Phi) is 8.45. The summed E-state index contributed by atoms with van der Waals surface area (Å²) in [4.78, 5) is 29.5. The SMILES string of the molecule is Cc1cccc(F)c1C(=O)N1CCCC(C(=O)Nc2cccc(C(C)(C)C)c2)C1c1ccc(NC2CCOC2)cc1. The monoisotopic (exact) mass is 557 g/mol. The molecule has 0 saturated carbocycles. The predicted molar refractivity (Wildman–Crippen MR) is 161 cm³/mol. The lowest BCUT2D eigenvalue weighted by Crippen LogP contribution is -2.46. The molecule has 2 N–H and O–H groups in total. The van der Waals surface area contributed by atoms with Gasteiger partial charge in [0, 0.05) is 24.5 Å². The summed E-state index contributed by atoms with van der Waals surface area (Å²) in [5.74, 6) is -1.57. The Balaban J connectivity index is 1.47.